The van der Waals surface area contributed by atoms with E-state index in [1.54, 1.807) is 24.3 Å². The van der Waals surface area contributed by atoms with Crippen LogP contribution in [-0.4, -0.2) is 17.6 Å². The van der Waals surface area contributed by atoms with Crippen LogP contribution in [0, 0.1) is 5.92 Å². The molecule has 1 aliphatic rings. The summed E-state index contributed by atoms with van der Waals surface area (Å²) in [5.74, 6) is -0.401. The summed E-state index contributed by atoms with van der Waals surface area (Å²) in [5, 5.41) is 16.1. The van der Waals surface area contributed by atoms with Crippen LogP contribution in [0.25, 0.3) is 11.0 Å². The van der Waals surface area contributed by atoms with Crippen molar-refractivity contribution in [1.82, 2.24) is 5.32 Å². The Hall–Kier alpha value is -2.44. The third-order valence-corrected chi connectivity index (χ3v) is 5.61. The first-order valence-electron chi connectivity index (χ1n) is 8.15. The number of amides is 1. The van der Waals surface area contributed by atoms with Gasteiger partial charge in [0.25, 0.3) is 5.91 Å². The summed E-state index contributed by atoms with van der Waals surface area (Å²) < 4.78 is 5.55. The van der Waals surface area contributed by atoms with Gasteiger partial charge < -0.3 is 14.8 Å². The van der Waals surface area contributed by atoms with E-state index in [2.05, 4.69) is 5.32 Å². The van der Waals surface area contributed by atoms with Crippen LogP contribution < -0.4 is 10.7 Å². The summed E-state index contributed by atoms with van der Waals surface area (Å²) in [5.41, 5.74) is -0.959. The summed E-state index contributed by atoms with van der Waals surface area (Å²) in [6.45, 7) is 0.0908. The van der Waals surface area contributed by atoms with E-state index in [0.717, 1.165) is 17.7 Å². The summed E-state index contributed by atoms with van der Waals surface area (Å²) in [6.07, 6.45) is 1.88. The zero-order chi connectivity index (χ0) is 17.4. The zero-order valence-corrected chi connectivity index (χ0v) is 14.2. The lowest BCUT2D eigenvalue weighted by atomic mass is 9.95. The molecule has 3 aromatic rings. The van der Waals surface area contributed by atoms with Gasteiger partial charge in [-0.1, -0.05) is 18.2 Å². The molecule has 0 unspecified atom stereocenters. The fraction of sp³-hybridized carbons (Fsp3) is 0.263. The molecular weight excluding hydrogens is 338 g/mol. The van der Waals surface area contributed by atoms with Crippen LogP contribution in [0.1, 0.15) is 28.3 Å². The standard InChI is InChI=1S/C19H17NO4S/c21-14-10-16(24-15-5-2-1-4-13(14)15)18(22)20-11-19(23,12-7-8-12)17-6-3-9-25-17/h1-6,9-10,12,23H,7-8,11H2,(H,20,22)/t19-/m1/s1. The molecule has 0 bridgehead atoms. The van der Waals surface area contributed by atoms with Crippen molar-refractivity contribution in [3.63, 3.8) is 0 Å². The minimum atomic E-state index is -1.07. The van der Waals surface area contributed by atoms with Crippen molar-refractivity contribution in [2.45, 2.75) is 18.4 Å². The number of fused-ring (bicyclic) bond motifs is 1. The second kappa shape index (κ2) is 6.13. The fourth-order valence-corrected chi connectivity index (χ4v) is 3.94. The van der Waals surface area contributed by atoms with Gasteiger partial charge in [0, 0.05) is 10.9 Å². The summed E-state index contributed by atoms with van der Waals surface area (Å²) in [4.78, 5) is 25.4. The van der Waals surface area contributed by atoms with Crippen LogP contribution >= 0.6 is 11.3 Å². The SMILES string of the molecule is O=C(NC[C@](O)(c1cccs1)C1CC1)c1cc(=O)c2ccccc2o1. The molecule has 0 saturated heterocycles. The Morgan fingerprint density at radius 1 is 1.28 bits per heavy atom. The molecule has 4 rings (SSSR count). The van der Waals surface area contributed by atoms with Crippen LogP contribution in [0.3, 0.4) is 0 Å². The molecule has 1 atom stereocenters. The van der Waals surface area contributed by atoms with Gasteiger partial charge in [-0.3, -0.25) is 9.59 Å². The number of hydrogen-bond donors (Lipinski definition) is 2. The van der Waals surface area contributed by atoms with E-state index in [1.807, 2.05) is 17.5 Å². The molecule has 1 aromatic carbocycles. The molecule has 6 heteroatoms. The molecule has 2 heterocycles. The van der Waals surface area contributed by atoms with Crippen LogP contribution in [0.4, 0.5) is 0 Å². The first-order valence-corrected chi connectivity index (χ1v) is 9.03. The Balaban J connectivity index is 1.57. The average Bonchev–Trinajstić information content (AvgIpc) is 3.34. The van der Waals surface area contributed by atoms with Crippen molar-refractivity contribution in [1.29, 1.82) is 0 Å². The highest BCUT2D eigenvalue weighted by Crippen LogP contribution is 2.46. The summed E-state index contributed by atoms with van der Waals surface area (Å²) >= 11 is 1.48. The van der Waals surface area contributed by atoms with Crippen LogP contribution in [0.5, 0.6) is 0 Å². The second-order valence-electron chi connectivity index (χ2n) is 6.33. The molecule has 1 amide bonds. The minimum Gasteiger partial charge on any atom is -0.451 e. The van der Waals surface area contributed by atoms with E-state index >= 15 is 0 Å². The van der Waals surface area contributed by atoms with Crippen molar-refractivity contribution in [3.05, 3.63) is 68.7 Å². The molecule has 1 fully saturated rings. The number of aliphatic hydroxyl groups is 1. The number of nitrogens with one attached hydrogen (secondary N) is 1. The smallest absolute Gasteiger partial charge is 0.287 e. The van der Waals surface area contributed by atoms with Gasteiger partial charge in [0.1, 0.15) is 11.2 Å². The molecule has 25 heavy (non-hydrogen) atoms. The number of benzene rings is 1. The van der Waals surface area contributed by atoms with E-state index in [1.165, 1.54) is 17.4 Å². The van der Waals surface area contributed by atoms with Gasteiger partial charge in [0.2, 0.25) is 0 Å². The molecule has 0 radical (unpaired) electrons. The molecular formula is C19H17NO4S. The van der Waals surface area contributed by atoms with E-state index in [9.17, 15) is 14.7 Å². The number of thiophene rings is 1. The lowest BCUT2D eigenvalue weighted by Gasteiger charge is -2.27. The van der Waals surface area contributed by atoms with Crippen molar-refractivity contribution in [3.8, 4) is 0 Å². The minimum absolute atomic E-state index is 0.0481. The Morgan fingerprint density at radius 2 is 2.08 bits per heavy atom. The van der Waals surface area contributed by atoms with Crippen molar-refractivity contribution < 1.29 is 14.3 Å². The highest BCUT2D eigenvalue weighted by atomic mass is 32.1. The molecule has 0 aliphatic heterocycles. The zero-order valence-electron chi connectivity index (χ0n) is 13.4. The molecule has 1 aliphatic carbocycles. The number of carbonyl (C=O) groups is 1. The molecule has 128 valence electrons. The number of para-hydroxylation sites is 1. The maximum absolute atomic E-state index is 12.4. The third kappa shape index (κ3) is 2.99. The van der Waals surface area contributed by atoms with Gasteiger partial charge >= 0.3 is 0 Å². The Bertz CT molecular complexity index is 975. The maximum Gasteiger partial charge on any atom is 0.287 e. The molecule has 0 spiro atoms. The molecule has 2 N–H and O–H groups in total. The largest absolute Gasteiger partial charge is 0.451 e. The second-order valence-corrected chi connectivity index (χ2v) is 7.28. The number of carbonyl (C=O) groups excluding carboxylic acids is 1. The fourth-order valence-electron chi connectivity index (χ4n) is 3.04. The van der Waals surface area contributed by atoms with Crippen LogP contribution in [-0.2, 0) is 5.60 Å². The molecule has 2 aromatic heterocycles. The first kappa shape index (κ1) is 16.1. The maximum atomic E-state index is 12.4. The number of hydrogen-bond acceptors (Lipinski definition) is 5. The van der Waals surface area contributed by atoms with E-state index in [0.29, 0.717) is 11.0 Å². The highest BCUT2D eigenvalue weighted by molar-refractivity contribution is 7.10. The van der Waals surface area contributed by atoms with Gasteiger partial charge in [0.05, 0.1) is 11.9 Å². The van der Waals surface area contributed by atoms with E-state index in [-0.39, 0.29) is 23.7 Å². The lowest BCUT2D eigenvalue weighted by molar-refractivity contribution is 0.0166. The van der Waals surface area contributed by atoms with Gasteiger partial charge in [-0.2, -0.15) is 0 Å². The number of rotatable bonds is 5. The Morgan fingerprint density at radius 3 is 2.80 bits per heavy atom. The van der Waals surface area contributed by atoms with Gasteiger partial charge in [-0.25, -0.2) is 0 Å². The normalized spacial score (nSPS) is 16.5. The molecule has 5 nitrogen and oxygen atoms in total. The van der Waals surface area contributed by atoms with Gasteiger partial charge in [-0.15, -0.1) is 11.3 Å². The van der Waals surface area contributed by atoms with Crippen molar-refractivity contribution >= 4 is 28.2 Å². The van der Waals surface area contributed by atoms with Gasteiger partial charge in [0.15, 0.2) is 11.2 Å². The monoisotopic (exact) mass is 355 g/mol. The highest BCUT2D eigenvalue weighted by Gasteiger charge is 2.46. The Kier molecular flexibility index (Phi) is 3.94. The third-order valence-electron chi connectivity index (χ3n) is 4.58. The predicted octanol–water partition coefficient (Wildman–Crippen LogP) is 2.88. The van der Waals surface area contributed by atoms with E-state index in [4.69, 9.17) is 4.42 Å². The topological polar surface area (TPSA) is 79.5 Å². The van der Waals surface area contributed by atoms with Crippen molar-refractivity contribution in [2.24, 2.45) is 5.92 Å². The van der Waals surface area contributed by atoms with Crippen molar-refractivity contribution in [2.75, 3.05) is 6.54 Å². The van der Waals surface area contributed by atoms with E-state index < -0.39 is 11.5 Å². The van der Waals surface area contributed by atoms with Gasteiger partial charge in [-0.05, 0) is 42.3 Å². The quantitative estimate of drug-likeness (QED) is 0.737. The Labute approximate surface area is 147 Å². The van der Waals surface area contributed by atoms with Crippen LogP contribution in [0.2, 0.25) is 0 Å². The van der Waals surface area contributed by atoms with Crippen LogP contribution in [0.15, 0.2) is 57.1 Å². The average molecular weight is 355 g/mol. The first-order chi connectivity index (χ1) is 12.1. The predicted molar refractivity (Wildman–Crippen MR) is 95.8 cm³/mol. The summed E-state index contributed by atoms with van der Waals surface area (Å²) in [6, 6.07) is 11.8. The summed E-state index contributed by atoms with van der Waals surface area (Å²) in [7, 11) is 0. The lowest BCUT2D eigenvalue weighted by Crippen LogP contribution is -2.42. The molecule has 1 saturated carbocycles.